The summed E-state index contributed by atoms with van der Waals surface area (Å²) in [6, 6.07) is 7.37. The number of alkyl halides is 3. The number of halogens is 3. The second-order valence-electron chi connectivity index (χ2n) is 10.1. The lowest BCUT2D eigenvalue weighted by atomic mass is 9.65. The van der Waals surface area contributed by atoms with E-state index in [1.807, 2.05) is 12.1 Å². The standard InChI is InChI=1S/C24H24F3N7O2S/c25-24(26,27)9-15-6-16-20(29-12-30-21(16)37-15)33-4-3-23(11-33)7-14(8-23)31-13-1-2-18-17(5-13)32-22(36)34(18)10-19(28)35/h1-2,5-6,12,14,31H,3-4,7-11H2,(H2,28,35)(H,32,36). The molecule has 6 rings (SSSR count). The molecule has 1 saturated carbocycles. The van der Waals surface area contributed by atoms with E-state index >= 15 is 0 Å². The van der Waals surface area contributed by atoms with Crippen LogP contribution in [0.2, 0.25) is 0 Å². The van der Waals surface area contributed by atoms with Crippen molar-refractivity contribution in [1.82, 2.24) is 19.5 Å². The molecule has 0 radical (unpaired) electrons. The number of hydrogen-bond donors (Lipinski definition) is 3. The summed E-state index contributed by atoms with van der Waals surface area (Å²) in [5.41, 5.74) is 7.12. The Balaban J connectivity index is 1.12. The lowest BCUT2D eigenvalue weighted by molar-refractivity contribution is -0.126. The van der Waals surface area contributed by atoms with Crippen LogP contribution in [0.25, 0.3) is 21.3 Å². The molecule has 0 unspecified atom stereocenters. The summed E-state index contributed by atoms with van der Waals surface area (Å²) in [4.78, 5) is 37.8. The average molecular weight is 532 g/mol. The highest BCUT2D eigenvalue weighted by atomic mass is 32.1. The Morgan fingerprint density at radius 2 is 2.08 bits per heavy atom. The normalized spacial score (nSPS) is 21.7. The number of fused-ring (bicyclic) bond motifs is 2. The topological polar surface area (TPSA) is 122 Å². The lowest BCUT2D eigenvalue weighted by Crippen LogP contribution is -2.46. The van der Waals surface area contributed by atoms with Crippen molar-refractivity contribution in [2.75, 3.05) is 23.3 Å². The molecule has 9 nitrogen and oxygen atoms in total. The Bertz CT molecular complexity index is 1570. The minimum Gasteiger partial charge on any atom is -0.382 e. The number of carbonyl (C=O) groups is 1. The van der Waals surface area contributed by atoms with Gasteiger partial charge in [0.05, 0.1) is 22.8 Å². The van der Waals surface area contributed by atoms with E-state index in [0.29, 0.717) is 27.1 Å². The number of hydrogen-bond acceptors (Lipinski definition) is 7. The van der Waals surface area contributed by atoms with Crippen LogP contribution in [0, 0.1) is 5.41 Å². The predicted molar refractivity (Wildman–Crippen MR) is 135 cm³/mol. The molecular formula is C24H24F3N7O2S. The molecule has 2 fully saturated rings. The summed E-state index contributed by atoms with van der Waals surface area (Å²) in [5.74, 6) is 0.122. The van der Waals surface area contributed by atoms with Crippen molar-refractivity contribution in [3.8, 4) is 0 Å². The van der Waals surface area contributed by atoms with Crippen molar-refractivity contribution < 1.29 is 18.0 Å². The Labute approximate surface area is 212 Å². The van der Waals surface area contributed by atoms with Gasteiger partial charge in [0.25, 0.3) is 0 Å². The van der Waals surface area contributed by atoms with Crippen LogP contribution in [0.5, 0.6) is 0 Å². The number of amides is 1. The number of primary amides is 1. The fourth-order valence-electron chi connectivity index (χ4n) is 5.77. The van der Waals surface area contributed by atoms with Crippen molar-refractivity contribution in [3.05, 3.63) is 46.0 Å². The number of benzene rings is 1. The van der Waals surface area contributed by atoms with E-state index in [9.17, 15) is 22.8 Å². The first kappa shape index (κ1) is 23.8. The van der Waals surface area contributed by atoms with E-state index in [2.05, 4.69) is 25.2 Å². The van der Waals surface area contributed by atoms with E-state index in [4.69, 9.17) is 5.73 Å². The fraction of sp³-hybridized carbons (Fsp3) is 0.417. The summed E-state index contributed by atoms with van der Waals surface area (Å²) in [5, 5.41) is 4.21. The number of aromatic amines is 1. The van der Waals surface area contributed by atoms with Gasteiger partial charge in [0.2, 0.25) is 5.91 Å². The maximum Gasteiger partial charge on any atom is 0.393 e. The quantitative estimate of drug-likeness (QED) is 0.351. The number of nitrogens with zero attached hydrogens (tertiary/aromatic N) is 4. The van der Waals surface area contributed by atoms with Crippen molar-refractivity contribution in [2.45, 2.75) is 44.4 Å². The summed E-state index contributed by atoms with van der Waals surface area (Å²) >= 11 is 1.07. The maximum absolute atomic E-state index is 12.9. The van der Waals surface area contributed by atoms with Gasteiger partial charge in [-0.1, -0.05) is 0 Å². The predicted octanol–water partition coefficient (Wildman–Crippen LogP) is 3.40. The third kappa shape index (κ3) is 4.52. The highest BCUT2D eigenvalue weighted by Gasteiger charge is 2.49. The SMILES string of the molecule is NC(=O)Cn1c(=O)[nH]c2cc(NC3CC4(CCN(c5ncnc6sc(CC(F)(F)F)cc56)C4)C3)ccc21. The molecule has 1 aliphatic carbocycles. The van der Waals surface area contributed by atoms with E-state index in [1.165, 1.54) is 10.9 Å². The van der Waals surface area contributed by atoms with Crippen LogP contribution in [0.1, 0.15) is 24.1 Å². The van der Waals surface area contributed by atoms with Gasteiger partial charge < -0.3 is 20.9 Å². The minimum atomic E-state index is -4.26. The Hall–Kier alpha value is -3.61. The zero-order valence-electron chi connectivity index (χ0n) is 19.6. The van der Waals surface area contributed by atoms with Crippen LogP contribution in [0.4, 0.5) is 24.7 Å². The molecule has 13 heteroatoms. The Morgan fingerprint density at radius 1 is 1.27 bits per heavy atom. The average Bonchev–Trinajstić information content (AvgIpc) is 3.47. The zero-order valence-corrected chi connectivity index (χ0v) is 20.5. The van der Waals surface area contributed by atoms with Crippen LogP contribution in [0.3, 0.4) is 0 Å². The number of aromatic nitrogens is 4. The van der Waals surface area contributed by atoms with Crippen molar-refractivity contribution in [2.24, 2.45) is 11.1 Å². The van der Waals surface area contributed by atoms with Gasteiger partial charge in [-0.3, -0.25) is 9.36 Å². The second kappa shape index (κ2) is 8.47. The van der Waals surface area contributed by atoms with Gasteiger partial charge in [-0.05, 0) is 48.9 Å². The molecule has 0 atom stereocenters. The third-order valence-corrected chi connectivity index (χ3v) is 8.33. The van der Waals surface area contributed by atoms with Gasteiger partial charge in [-0.25, -0.2) is 14.8 Å². The van der Waals surface area contributed by atoms with E-state index < -0.39 is 18.5 Å². The number of rotatable bonds is 6. The number of H-pyrrole nitrogens is 1. The number of nitrogens with two attached hydrogens (primary N) is 1. The summed E-state index contributed by atoms with van der Waals surface area (Å²) < 4.78 is 40.0. The Morgan fingerprint density at radius 3 is 2.84 bits per heavy atom. The number of anilines is 2. The molecular weight excluding hydrogens is 507 g/mol. The van der Waals surface area contributed by atoms with Gasteiger partial charge in [-0.15, -0.1) is 11.3 Å². The highest BCUT2D eigenvalue weighted by Crippen LogP contribution is 2.50. The molecule has 1 saturated heterocycles. The van der Waals surface area contributed by atoms with Gasteiger partial charge in [-0.2, -0.15) is 13.2 Å². The number of nitrogens with one attached hydrogen (secondary N) is 2. The zero-order chi connectivity index (χ0) is 25.9. The van der Waals surface area contributed by atoms with Gasteiger partial charge >= 0.3 is 11.9 Å². The number of carbonyl (C=O) groups excluding carboxylic acids is 1. The molecule has 0 bridgehead atoms. The molecule has 4 aromatic rings. The van der Waals surface area contributed by atoms with Crippen LogP contribution in [0.15, 0.2) is 35.4 Å². The van der Waals surface area contributed by atoms with Gasteiger partial charge in [0.15, 0.2) is 0 Å². The van der Waals surface area contributed by atoms with Gasteiger partial charge in [0, 0.05) is 29.7 Å². The molecule has 1 spiro atoms. The van der Waals surface area contributed by atoms with E-state index in [0.717, 1.165) is 49.4 Å². The fourth-order valence-corrected chi connectivity index (χ4v) is 6.79. The first-order chi connectivity index (χ1) is 17.6. The highest BCUT2D eigenvalue weighted by molar-refractivity contribution is 7.18. The summed E-state index contributed by atoms with van der Waals surface area (Å²) in [7, 11) is 0. The monoisotopic (exact) mass is 531 g/mol. The van der Waals surface area contributed by atoms with Crippen LogP contribution in [-0.2, 0) is 17.8 Å². The van der Waals surface area contributed by atoms with E-state index in [1.54, 1.807) is 12.1 Å². The molecule has 1 amide bonds. The van der Waals surface area contributed by atoms with Crippen LogP contribution >= 0.6 is 11.3 Å². The molecule has 1 aliphatic heterocycles. The molecule has 4 heterocycles. The molecule has 1 aromatic carbocycles. The third-order valence-electron chi connectivity index (χ3n) is 7.29. The molecule has 3 aromatic heterocycles. The molecule has 194 valence electrons. The second-order valence-corrected chi connectivity index (χ2v) is 11.2. The van der Waals surface area contributed by atoms with Crippen molar-refractivity contribution in [3.63, 3.8) is 0 Å². The van der Waals surface area contributed by atoms with Gasteiger partial charge in [0.1, 0.15) is 23.5 Å². The molecule has 37 heavy (non-hydrogen) atoms. The minimum absolute atomic E-state index is 0.128. The van der Waals surface area contributed by atoms with Crippen molar-refractivity contribution in [1.29, 1.82) is 0 Å². The van der Waals surface area contributed by atoms with Crippen molar-refractivity contribution >= 4 is 50.0 Å². The first-order valence-electron chi connectivity index (χ1n) is 11.9. The van der Waals surface area contributed by atoms with Crippen LogP contribution in [-0.4, -0.2) is 50.7 Å². The summed E-state index contributed by atoms with van der Waals surface area (Å²) in [6.45, 7) is 1.41. The van der Waals surface area contributed by atoms with E-state index in [-0.39, 0.29) is 28.6 Å². The summed E-state index contributed by atoms with van der Waals surface area (Å²) in [6.07, 6.45) is -0.888. The molecule has 2 aliphatic rings. The Kier molecular flexibility index (Phi) is 5.44. The van der Waals surface area contributed by atoms with Crippen LogP contribution < -0.4 is 21.6 Å². The largest absolute Gasteiger partial charge is 0.393 e. The number of thiophene rings is 1. The lowest BCUT2D eigenvalue weighted by Gasteiger charge is -2.46. The maximum atomic E-state index is 12.9. The molecule has 4 N–H and O–H groups in total. The number of imidazole rings is 1. The first-order valence-corrected chi connectivity index (χ1v) is 12.7. The smallest absolute Gasteiger partial charge is 0.382 e.